The zero-order valence-corrected chi connectivity index (χ0v) is 35.4. The van der Waals surface area contributed by atoms with Gasteiger partial charge in [-0.25, -0.2) is 0 Å². The Morgan fingerprint density at radius 2 is 0.689 bits per heavy atom. The van der Waals surface area contributed by atoms with Crippen molar-refractivity contribution < 1.29 is 32.7 Å². The van der Waals surface area contributed by atoms with Gasteiger partial charge in [-0.2, -0.15) is 18.5 Å². The van der Waals surface area contributed by atoms with Crippen molar-refractivity contribution in [2.45, 2.75) is 233 Å². The molecule has 0 spiro atoms. The van der Waals surface area contributed by atoms with Crippen LogP contribution in [0.4, 0.5) is 0 Å². The van der Waals surface area contributed by atoms with Crippen LogP contribution in [0.25, 0.3) is 5.73 Å². The van der Waals surface area contributed by atoms with Crippen molar-refractivity contribution in [2.24, 2.45) is 0 Å². The Bertz CT molecular complexity index is 422. The van der Waals surface area contributed by atoms with Gasteiger partial charge < -0.3 is 24.9 Å². The van der Waals surface area contributed by atoms with Gasteiger partial charge in [-0.15, -0.1) is 6.58 Å². The molecule has 2 N–H and O–H groups in total. The van der Waals surface area contributed by atoms with Gasteiger partial charge in [0.25, 0.3) is 0 Å². The molecule has 0 aromatic carbocycles. The molecule has 2 nitrogen and oxygen atoms in total. The van der Waals surface area contributed by atoms with Crippen LogP contribution in [0.1, 0.15) is 233 Å². The van der Waals surface area contributed by atoms with Crippen LogP contribution in [0.2, 0.25) is 0 Å². The van der Waals surface area contributed by atoms with Gasteiger partial charge in [0, 0.05) is 0 Å². The van der Waals surface area contributed by atoms with E-state index >= 15 is 0 Å². The molecular weight excluding hydrogens is 621 g/mol. The summed E-state index contributed by atoms with van der Waals surface area (Å²) in [5, 5.41) is 3.07. The van der Waals surface area contributed by atoms with E-state index in [1.54, 1.807) is 0 Å². The summed E-state index contributed by atoms with van der Waals surface area (Å²) in [4.78, 5) is 0. The summed E-state index contributed by atoms with van der Waals surface area (Å²) in [5.74, 6) is 0. The molecule has 0 aliphatic carbocycles. The molecule has 45 heavy (non-hydrogen) atoms. The monoisotopic (exact) mass is 711 g/mol. The first-order valence-corrected chi connectivity index (χ1v) is 20.1. The van der Waals surface area contributed by atoms with Crippen LogP contribution in [0.3, 0.4) is 0 Å². The summed E-state index contributed by atoms with van der Waals surface area (Å²) >= 11 is 0. The van der Waals surface area contributed by atoms with Crippen LogP contribution in [0.15, 0.2) is 12.3 Å². The summed E-state index contributed by atoms with van der Waals surface area (Å²) in [5.41, 5.74) is 7.83. The minimum absolute atomic E-state index is 0. The third kappa shape index (κ3) is 76.2. The van der Waals surface area contributed by atoms with Gasteiger partial charge in [0.05, 0.1) is 0 Å². The zero-order chi connectivity index (χ0) is 33.6. The van der Waals surface area contributed by atoms with E-state index in [2.05, 4.69) is 53.4 Å². The zero-order valence-electron chi connectivity index (χ0n) is 32.5. The summed E-state index contributed by atoms with van der Waals surface area (Å²) in [6, 6.07) is 0. The molecule has 0 aromatic rings. The smallest absolute Gasteiger partial charge is 0.703 e. The molecule has 3 heteroatoms. The van der Waals surface area contributed by atoms with E-state index in [1.807, 2.05) is 7.05 Å². The van der Waals surface area contributed by atoms with Crippen LogP contribution < -0.4 is 5.32 Å². The molecule has 0 radical (unpaired) electrons. The fraction of sp³-hybridized carbons (Fsp3) is 0.905. The fourth-order valence-corrected chi connectivity index (χ4v) is 5.00. The van der Waals surface area contributed by atoms with Gasteiger partial charge in [0.1, 0.15) is 0 Å². The van der Waals surface area contributed by atoms with Gasteiger partial charge in [0.2, 0.25) is 0 Å². The topological polar surface area (TPSA) is 35.8 Å². The summed E-state index contributed by atoms with van der Waals surface area (Å²) in [7, 11) is 1.98. The first-order valence-electron chi connectivity index (χ1n) is 20.1. The molecule has 0 aromatic heterocycles. The predicted octanol–water partition coefficient (Wildman–Crippen LogP) is 16.0. The third-order valence-electron chi connectivity index (χ3n) is 8.07. The van der Waals surface area contributed by atoms with Crippen LogP contribution >= 0.6 is 0 Å². The predicted molar refractivity (Wildman–Crippen MR) is 209 cm³/mol. The van der Waals surface area contributed by atoms with E-state index in [0.717, 1.165) is 25.8 Å². The van der Waals surface area contributed by atoms with E-state index in [4.69, 9.17) is 5.73 Å². The van der Waals surface area contributed by atoms with Crippen LogP contribution in [-0.2, 0) is 32.7 Å². The minimum Gasteiger partial charge on any atom is -0.703 e. The molecule has 0 amide bonds. The number of unbranched alkanes of at least 4 members (excludes halogenated alkanes) is 27. The van der Waals surface area contributed by atoms with Gasteiger partial charge >= 0.3 is 32.7 Å². The molecule has 0 heterocycles. The summed E-state index contributed by atoms with van der Waals surface area (Å²) in [6.07, 6.45) is 43.5. The fourth-order valence-electron chi connectivity index (χ4n) is 5.00. The molecule has 0 saturated carbocycles. The van der Waals surface area contributed by atoms with Gasteiger partial charge in [-0.1, -0.05) is 207 Å². The van der Waals surface area contributed by atoms with Crippen molar-refractivity contribution in [1.29, 1.82) is 0 Å². The Hall–Kier alpha value is 0.604. The number of rotatable bonds is 31. The van der Waals surface area contributed by atoms with Gasteiger partial charge in [-0.3, -0.25) is 0 Å². The SMILES string of the molecule is C=C([NH-])CCCCCCCCCCCCCCC.CCCCCCCCCCCCC.[CH2-]CCCCC.[CH2-]CCCCNC.[Y+3]. The van der Waals surface area contributed by atoms with E-state index in [-0.39, 0.29) is 32.7 Å². The number of allylic oxidation sites excluding steroid dienone is 1. The maximum atomic E-state index is 7.24. The third-order valence-corrected chi connectivity index (χ3v) is 8.07. The Morgan fingerprint density at radius 1 is 0.444 bits per heavy atom. The summed E-state index contributed by atoms with van der Waals surface area (Å²) < 4.78 is 0. The number of nitrogens with one attached hydrogen (secondary N) is 2. The second kappa shape index (κ2) is 60.0. The Labute approximate surface area is 314 Å². The van der Waals surface area contributed by atoms with Crippen LogP contribution in [0.5, 0.6) is 0 Å². The standard InChI is InChI=1S/C17H34N.C13H28.C6H14N.C6H13.Y/c1-3-4-5-6-7-8-9-10-11-12-13-14-15-16-17(2)18;1-3-5-7-9-11-13-12-10-8-6-4-2;1-3-4-5-6-7-2;1-3-5-6-4-2;/h18H,2-16H2,1H3;3-13H2,1-2H3;7H,1,3-6H2,2H3;1,3-6H2,2H3;/q-1;;2*-1;+3. The molecule has 0 aliphatic rings. The largest absolute Gasteiger partial charge is 3.00 e. The van der Waals surface area contributed by atoms with E-state index in [9.17, 15) is 0 Å². The first-order chi connectivity index (χ1) is 21.5. The van der Waals surface area contributed by atoms with Crippen LogP contribution in [0, 0.1) is 13.8 Å². The van der Waals surface area contributed by atoms with Crippen LogP contribution in [-0.4, -0.2) is 13.6 Å². The van der Waals surface area contributed by atoms with Crippen molar-refractivity contribution >= 4 is 0 Å². The molecule has 0 aliphatic heterocycles. The van der Waals surface area contributed by atoms with Crippen molar-refractivity contribution in [3.05, 3.63) is 31.9 Å². The second-order valence-corrected chi connectivity index (χ2v) is 13.0. The average Bonchev–Trinajstić information content (AvgIpc) is 3.02. The maximum absolute atomic E-state index is 7.24. The van der Waals surface area contributed by atoms with Gasteiger partial charge in [0.15, 0.2) is 0 Å². The molecule has 0 fully saturated rings. The number of hydrogen-bond donors (Lipinski definition) is 1. The summed E-state index contributed by atoms with van der Waals surface area (Å²) in [6.45, 7) is 21.3. The maximum Gasteiger partial charge on any atom is 3.00 e. The molecule has 0 rings (SSSR count). The quantitative estimate of drug-likeness (QED) is 0.0564. The average molecular weight is 711 g/mol. The first kappa shape index (κ1) is 55.0. The normalized spacial score (nSPS) is 10.0. The molecule has 0 unspecified atom stereocenters. The molecule has 0 saturated heterocycles. The Kier molecular flexibility index (Phi) is 73.3. The van der Waals surface area contributed by atoms with Crippen molar-refractivity contribution in [3.63, 3.8) is 0 Å². The Balaban J connectivity index is -0.000000172. The van der Waals surface area contributed by atoms with Crippen molar-refractivity contribution in [3.8, 4) is 0 Å². The Morgan fingerprint density at radius 3 is 0.911 bits per heavy atom. The molecule has 270 valence electrons. The van der Waals surface area contributed by atoms with Crippen molar-refractivity contribution in [2.75, 3.05) is 13.6 Å². The molecule has 0 atom stereocenters. The second-order valence-electron chi connectivity index (χ2n) is 13.0. The van der Waals surface area contributed by atoms with E-state index in [1.165, 1.54) is 186 Å². The molecule has 0 bridgehead atoms. The van der Waals surface area contributed by atoms with E-state index in [0.29, 0.717) is 5.70 Å². The van der Waals surface area contributed by atoms with Crippen molar-refractivity contribution in [1.82, 2.24) is 5.32 Å². The number of hydrogen-bond acceptors (Lipinski definition) is 1. The molecular formula is C42H89N2Y. The van der Waals surface area contributed by atoms with E-state index < -0.39 is 0 Å². The minimum atomic E-state index is 0. The van der Waals surface area contributed by atoms with Gasteiger partial charge in [-0.05, 0) is 26.4 Å².